The lowest BCUT2D eigenvalue weighted by Gasteiger charge is -2.16. The van der Waals surface area contributed by atoms with Crippen molar-refractivity contribution >= 4 is 5.91 Å². The molecule has 0 radical (unpaired) electrons. The molecule has 20 heavy (non-hydrogen) atoms. The number of nitrogens with two attached hydrogens (primary N) is 1. The Hall–Kier alpha value is -1.55. The van der Waals surface area contributed by atoms with Crippen LogP contribution in [0, 0.1) is 6.92 Å². The van der Waals surface area contributed by atoms with Gasteiger partial charge in [0.2, 0.25) is 0 Å². The molecule has 0 aliphatic heterocycles. The molecule has 0 saturated carbocycles. The van der Waals surface area contributed by atoms with Gasteiger partial charge in [-0.25, -0.2) is 0 Å². The normalized spacial score (nSPS) is 13.7. The molecular formula is C16H26N2O2. The Morgan fingerprint density at radius 1 is 1.40 bits per heavy atom. The molecule has 0 aromatic heterocycles. The minimum atomic E-state index is -0.118. The fourth-order valence-electron chi connectivity index (χ4n) is 2.11. The van der Waals surface area contributed by atoms with Crippen LogP contribution in [0.5, 0.6) is 5.75 Å². The van der Waals surface area contributed by atoms with Gasteiger partial charge in [-0.3, -0.25) is 4.79 Å². The maximum atomic E-state index is 11.8. The van der Waals surface area contributed by atoms with Crippen LogP contribution in [0.4, 0.5) is 0 Å². The SMILES string of the molecule is CCCC(C)NC(=O)COc1cc(C)ccc1[C@@H](C)N. The monoisotopic (exact) mass is 278 g/mol. The van der Waals surface area contributed by atoms with Crippen molar-refractivity contribution in [1.29, 1.82) is 0 Å². The lowest BCUT2D eigenvalue weighted by Crippen LogP contribution is -2.36. The Balaban J connectivity index is 2.61. The van der Waals surface area contributed by atoms with Gasteiger partial charge in [-0.1, -0.05) is 25.5 Å². The number of hydrogen-bond acceptors (Lipinski definition) is 3. The molecule has 1 aromatic carbocycles. The maximum absolute atomic E-state index is 11.8. The van der Waals surface area contributed by atoms with Gasteiger partial charge in [-0.2, -0.15) is 0 Å². The van der Waals surface area contributed by atoms with Crippen molar-refractivity contribution in [3.63, 3.8) is 0 Å². The van der Waals surface area contributed by atoms with E-state index in [-0.39, 0.29) is 24.6 Å². The number of benzene rings is 1. The molecule has 0 heterocycles. The molecule has 4 heteroatoms. The first-order chi connectivity index (χ1) is 9.43. The molecule has 0 bridgehead atoms. The van der Waals surface area contributed by atoms with E-state index in [2.05, 4.69) is 12.2 Å². The number of carbonyl (C=O) groups is 1. The third-order valence-electron chi connectivity index (χ3n) is 3.15. The lowest BCUT2D eigenvalue weighted by molar-refractivity contribution is -0.123. The van der Waals surface area contributed by atoms with Crippen molar-refractivity contribution in [1.82, 2.24) is 5.32 Å². The van der Waals surface area contributed by atoms with E-state index in [4.69, 9.17) is 10.5 Å². The summed E-state index contributed by atoms with van der Waals surface area (Å²) < 4.78 is 5.63. The molecule has 0 saturated heterocycles. The largest absolute Gasteiger partial charge is 0.483 e. The van der Waals surface area contributed by atoms with Gasteiger partial charge in [0, 0.05) is 17.6 Å². The van der Waals surface area contributed by atoms with Gasteiger partial charge in [-0.05, 0) is 38.8 Å². The Labute approximate surface area is 121 Å². The number of carbonyl (C=O) groups excluding carboxylic acids is 1. The molecule has 112 valence electrons. The number of hydrogen-bond donors (Lipinski definition) is 2. The van der Waals surface area contributed by atoms with Crippen LogP contribution in [0.3, 0.4) is 0 Å². The molecule has 0 fully saturated rings. The zero-order valence-corrected chi connectivity index (χ0v) is 12.9. The first kappa shape index (κ1) is 16.5. The Morgan fingerprint density at radius 3 is 2.70 bits per heavy atom. The third-order valence-corrected chi connectivity index (χ3v) is 3.15. The highest BCUT2D eigenvalue weighted by Gasteiger charge is 2.11. The van der Waals surface area contributed by atoms with Crippen LogP contribution in [0.2, 0.25) is 0 Å². The highest BCUT2D eigenvalue weighted by Crippen LogP contribution is 2.24. The fraction of sp³-hybridized carbons (Fsp3) is 0.562. The van der Waals surface area contributed by atoms with Crippen molar-refractivity contribution in [2.24, 2.45) is 5.73 Å². The zero-order chi connectivity index (χ0) is 15.1. The van der Waals surface area contributed by atoms with Crippen molar-refractivity contribution in [2.75, 3.05) is 6.61 Å². The summed E-state index contributed by atoms with van der Waals surface area (Å²) in [5.74, 6) is 0.598. The summed E-state index contributed by atoms with van der Waals surface area (Å²) in [5, 5.41) is 2.92. The van der Waals surface area contributed by atoms with Gasteiger partial charge in [0.1, 0.15) is 5.75 Å². The number of aryl methyl sites for hydroxylation is 1. The van der Waals surface area contributed by atoms with E-state index >= 15 is 0 Å². The lowest BCUT2D eigenvalue weighted by atomic mass is 10.1. The number of ether oxygens (including phenoxy) is 1. The predicted molar refractivity (Wildman–Crippen MR) is 81.8 cm³/mol. The summed E-state index contributed by atoms with van der Waals surface area (Å²) >= 11 is 0. The fourth-order valence-corrected chi connectivity index (χ4v) is 2.11. The standard InChI is InChI=1S/C16H26N2O2/c1-5-6-12(3)18-16(19)10-20-15-9-11(2)7-8-14(15)13(4)17/h7-9,12-13H,5-6,10,17H2,1-4H3,(H,18,19)/t12?,13-/m1/s1. The van der Waals surface area contributed by atoms with Crippen LogP contribution in [-0.2, 0) is 4.79 Å². The average Bonchev–Trinajstić information content (AvgIpc) is 2.36. The molecule has 1 rings (SSSR count). The van der Waals surface area contributed by atoms with Crippen molar-refractivity contribution < 1.29 is 9.53 Å². The third kappa shape index (κ3) is 5.21. The smallest absolute Gasteiger partial charge is 0.258 e. The zero-order valence-electron chi connectivity index (χ0n) is 12.9. The van der Waals surface area contributed by atoms with Gasteiger partial charge >= 0.3 is 0 Å². The number of amides is 1. The van der Waals surface area contributed by atoms with E-state index in [0.29, 0.717) is 5.75 Å². The summed E-state index contributed by atoms with van der Waals surface area (Å²) in [6.45, 7) is 8.02. The summed E-state index contributed by atoms with van der Waals surface area (Å²) in [4.78, 5) is 11.8. The van der Waals surface area contributed by atoms with Gasteiger partial charge in [0.15, 0.2) is 6.61 Å². The second kappa shape index (κ2) is 7.90. The van der Waals surface area contributed by atoms with Crippen LogP contribution in [0.15, 0.2) is 18.2 Å². The van der Waals surface area contributed by atoms with Crippen LogP contribution >= 0.6 is 0 Å². The summed E-state index contributed by atoms with van der Waals surface area (Å²) in [6, 6.07) is 5.93. The number of nitrogens with one attached hydrogen (secondary N) is 1. The first-order valence-corrected chi connectivity index (χ1v) is 7.22. The van der Waals surface area contributed by atoms with Crippen molar-refractivity contribution in [3.05, 3.63) is 29.3 Å². The van der Waals surface area contributed by atoms with Gasteiger partial charge in [0.25, 0.3) is 5.91 Å². The summed E-state index contributed by atoms with van der Waals surface area (Å²) in [7, 11) is 0. The maximum Gasteiger partial charge on any atom is 0.258 e. The van der Waals surface area contributed by atoms with E-state index in [1.54, 1.807) is 0 Å². The Bertz CT molecular complexity index is 444. The first-order valence-electron chi connectivity index (χ1n) is 7.22. The second-order valence-corrected chi connectivity index (χ2v) is 5.38. The molecule has 1 aromatic rings. The van der Waals surface area contributed by atoms with Crippen LogP contribution in [-0.4, -0.2) is 18.6 Å². The summed E-state index contributed by atoms with van der Waals surface area (Å²) in [6.07, 6.45) is 2.02. The predicted octanol–water partition coefficient (Wildman–Crippen LogP) is 2.70. The average molecular weight is 278 g/mol. The molecule has 0 aliphatic carbocycles. The molecule has 1 amide bonds. The van der Waals surface area contributed by atoms with E-state index in [0.717, 1.165) is 24.0 Å². The molecule has 3 N–H and O–H groups in total. The molecule has 2 atom stereocenters. The van der Waals surface area contributed by atoms with E-state index in [1.807, 2.05) is 39.0 Å². The number of rotatable bonds is 7. The Kier molecular flexibility index (Phi) is 6.52. The van der Waals surface area contributed by atoms with Crippen LogP contribution < -0.4 is 15.8 Å². The summed E-state index contributed by atoms with van der Waals surface area (Å²) in [5.41, 5.74) is 7.92. The van der Waals surface area contributed by atoms with Gasteiger partial charge < -0.3 is 15.8 Å². The molecule has 4 nitrogen and oxygen atoms in total. The van der Waals surface area contributed by atoms with Gasteiger partial charge in [-0.15, -0.1) is 0 Å². The quantitative estimate of drug-likeness (QED) is 0.806. The minimum Gasteiger partial charge on any atom is -0.483 e. The minimum absolute atomic E-state index is 0.0250. The molecule has 0 aliphatic rings. The highest BCUT2D eigenvalue weighted by atomic mass is 16.5. The molecule has 0 spiro atoms. The van der Waals surface area contributed by atoms with Crippen LogP contribution in [0.25, 0.3) is 0 Å². The Morgan fingerprint density at radius 2 is 2.10 bits per heavy atom. The van der Waals surface area contributed by atoms with Gasteiger partial charge in [0.05, 0.1) is 0 Å². The topological polar surface area (TPSA) is 64.3 Å². The van der Waals surface area contributed by atoms with Crippen LogP contribution in [0.1, 0.15) is 50.8 Å². The van der Waals surface area contributed by atoms with Crippen molar-refractivity contribution in [2.45, 2.75) is 52.6 Å². The molecule has 1 unspecified atom stereocenters. The molecular weight excluding hydrogens is 252 g/mol. The van der Waals surface area contributed by atoms with E-state index in [1.165, 1.54) is 0 Å². The second-order valence-electron chi connectivity index (χ2n) is 5.38. The van der Waals surface area contributed by atoms with E-state index in [9.17, 15) is 4.79 Å². The van der Waals surface area contributed by atoms with E-state index < -0.39 is 0 Å². The van der Waals surface area contributed by atoms with Crippen molar-refractivity contribution in [3.8, 4) is 5.75 Å². The highest BCUT2D eigenvalue weighted by molar-refractivity contribution is 5.77.